The minimum Gasteiger partial charge on any atom is -0.382 e. The molecule has 0 atom stereocenters. The Morgan fingerprint density at radius 1 is 1.08 bits per heavy atom. The molecule has 3 rings (SSSR count). The number of azo groups is 1. The van der Waals surface area contributed by atoms with E-state index in [0.717, 1.165) is 5.56 Å². The highest BCUT2D eigenvalue weighted by atomic mass is 35.5. The SMILES string of the molecule is N#CCCn1nc(-c2ccccc2)c(N=Nc2ccc(Cl)cc2)c1N. The van der Waals surface area contributed by atoms with Crippen molar-refractivity contribution in [1.82, 2.24) is 9.78 Å². The Morgan fingerprint density at radius 2 is 1.80 bits per heavy atom. The van der Waals surface area contributed by atoms with Crippen molar-refractivity contribution in [2.75, 3.05) is 5.73 Å². The third kappa shape index (κ3) is 3.84. The molecule has 124 valence electrons. The number of aryl methyl sites for hydroxylation is 1. The summed E-state index contributed by atoms with van der Waals surface area (Å²) in [5.74, 6) is 0.381. The molecular formula is C18H15ClN6. The smallest absolute Gasteiger partial charge is 0.155 e. The van der Waals surface area contributed by atoms with Crippen LogP contribution >= 0.6 is 11.6 Å². The van der Waals surface area contributed by atoms with E-state index in [-0.39, 0.29) is 0 Å². The summed E-state index contributed by atoms with van der Waals surface area (Å²) in [6.07, 6.45) is 0.313. The quantitative estimate of drug-likeness (QED) is 0.647. The summed E-state index contributed by atoms with van der Waals surface area (Å²) in [6.45, 7) is 0.401. The van der Waals surface area contributed by atoms with Crippen LogP contribution in [0.2, 0.25) is 5.02 Å². The second-order valence-electron chi connectivity index (χ2n) is 5.26. The van der Waals surface area contributed by atoms with Crippen molar-refractivity contribution >= 4 is 28.8 Å². The number of anilines is 1. The lowest BCUT2D eigenvalue weighted by Crippen LogP contribution is -2.04. The standard InChI is InChI=1S/C18H15ClN6/c19-14-7-9-15(10-8-14)22-23-17-16(13-5-2-1-3-6-13)24-25(18(17)21)12-4-11-20/h1-3,5-10H,4,12,21H2. The van der Waals surface area contributed by atoms with Crippen LogP contribution in [0.4, 0.5) is 17.2 Å². The molecule has 0 bridgehead atoms. The van der Waals surface area contributed by atoms with E-state index in [1.54, 1.807) is 28.9 Å². The number of aromatic nitrogens is 2. The monoisotopic (exact) mass is 350 g/mol. The molecule has 1 aromatic heterocycles. The third-order valence-electron chi connectivity index (χ3n) is 3.54. The van der Waals surface area contributed by atoms with E-state index in [9.17, 15) is 0 Å². The first-order valence-electron chi connectivity index (χ1n) is 7.65. The van der Waals surface area contributed by atoms with Gasteiger partial charge in [-0.15, -0.1) is 5.11 Å². The van der Waals surface area contributed by atoms with Gasteiger partial charge < -0.3 is 5.73 Å². The molecule has 0 aliphatic rings. The number of nitrogens with two attached hydrogens (primary N) is 1. The fraction of sp³-hybridized carbons (Fsp3) is 0.111. The second kappa shape index (κ2) is 7.60. The number of rotatable bonds is 5. The average Bonchev–Trinajstić information content (AvgIpc) is 2.96. The molecule has 0 spiro atoms. The lowest BCUT2D eigenvalue weighted by Gasteiger charge is -1.99. The highest BCUT2D eigenvalue weighted by Gasteiger charge is 2.17. The highest BCUT2D eigenvalue weighted by Crippen LogP contribution is 2.36. The van der Waals surface area contributed by atoms with Crippen LogP contribution in [-0.2, 0) is 6.54 Å². The molecular weight excluding hydrogens is 336 g/mol. The number of hydrogen-bond acceptors (Lipinski definition) is 5. The van der Waals surface area contributed by atoms with Gasteiger partial charge in [-0.2, -0.15) is 15.5 Å². The molecule has 2 N–H and O–H groups in total. The maximum atomic E-state index is 8.80. The predicted molar refractivity (Wildman–Crippen MR) is 97.9 cm³/mol. The van der Waals surface area contributed by atoms with Crippen LogP contribution in [0.15, 0.2) is 64.8 Å². The summed E-state index contributed by atoms with van der Waals surface area (Å²) >= 11 is 5.88. The van der Waals surface area contributed by atoms with E-state index in [4.69, 9.17) is 22.6 Å². The second-order valence-corrected chi connectivity index (χ2v) is 5.69. The Hall–Kier alpha value is -3.17. The zero-order valence-corrected chi connectivity index (χ0v) is 14.1. The van der Waals surface area contributed by atoms with Gasteiger partial charge in [-0.05, 0) is 24.3 Å². The molecule has 0 amide bonds. The molecule has 0 radical (unpaired) electrons. The molecule has 3 aromatic rings. The van der Waals surface area contributed by atoms with Crippen molar-refractivity contribution in [1.29, 1.82) is 5.26 Å². The van der Waals surface area contributed by atoms with E-state index >= 15 is 0 Å². The number of hydrogen-bond donors (Lipinski definition) is 1. The van der Waals surface area contributed by atoms with Crippen LogP contribution in [0.3, 0.4) is 0 Å². The van der Waals surface area contributed by atoms with Gasteiger partial charge in [-0.3, -0.25) is 0 Å². The summed E-state index contributed by atoms with van der Waals surface area (Å²) in [7, 11) is 0. The van der Waals surface area contributed by atoms with E-state index in [1.165, 1.54) is 0 Å². The number of benzene rings is 2. The summed E-state index contributed by atoms with van der Waals surface area (Å²) < 4.78 is 1.59. The van der Waals surface area contributed by atoms with Gasteiger partial charge in [0.15, 0.2) is 11.5 Å². The molecule has 0 aliphatic heterocycles. The van der Waals surface area contributed by atoms with E-state index in [0.29, 0.717) is 40.9 Å². The average molecular weight is 351 g/mol. The zero-order chi connectivity index (χ0) is 17.6. The van der Waals surface area contributed by atoms with Gasteiger partial charge in [-0.1, -0.05) is 41.9 Å². The van der Waals surface area contributed by atoms with Crippen molar-refractivity contribution in [2.24, 2.45) is 10.2 Å². The van der Waals surface area contributed by atoms with Crippen LogP contribution in [-0.4, -0.2) is 9.78 Å². The maximum Gasteiger partial charge on any atom is 0.155 e. The molecule has 2 aromatic carbocycles. The van der Waals surface area contributed by atoms with Crippen molar-refractivity contribution in [3.63, 3.8) is 0 Å². The number of nitrogens with zero attached hydrogens (tertiary/aromatic N) is 5. The Kier molecular flexibility index (Phi) is 5.07. The van der Waals surface area contributed by atoms with Crippen molar-refractivity contribution in [2.45, 2.75) is 13.0 Å². The molecule has 6 nitrogen and oxygen atoms in total. The zero-order valence-electron chi connectivity index (χ0n) is 13.3. The van der Waals surface area contributed by atoms with Gasteiger partial charge in [0.05, 0.1) is 24.7 Å². The lowest BCUT2D eigenvalue weighted by molar-refractivity contribution is 0.639. The minimum atomic E-state index is 0.313. The van der Waals surface area contributed by atoms with Crippen LogP contribution < -0.4 is 5.73 Å². The van der Waals surface area contributed by atoms with Crippen LogP contribution in [0.25, 0.3) is 11.3 Å². The molecule has 25 heavy (non-hydrogen) atoms. The number of halogens is 1. The summed E-state index contributed by atoms with van der Waals surface area (Å²) in [5, 5.41) is 22.5. The van der Waals surface area contributed by atoms with Gasteiger partial charge in [0, 0.05) is 10.6 Å². The van der Waals surface area contributed by atoms with Gasteiger partial charge in [0.25, 0.3) is 0 Å². The van der Waals surface area contributed by atoms with E-state index < -0.39 is 0 Å². The third-order valence-corrected chi connectivity index (χ3v) is 3.79. The Labute approximate surface area is 150 Å². The Morgan fingerprint density at radius 3 is 2.48 bits per heavy atom. The molecule has 7 heteroatoms. The van der Waals surface area contributed by atoms with Gasteiger partial charge in [0.1, 0.15) is 5.69 Å². The minimum absolute atomic E-state index is 0.313. The Balaban J connectivity index is 2.02. The van der Waals surface area contributed by atoms with Gasteiger partial charge >= 0.3 is 0 Å². The Bertz CT molecular complexity index is 923. The van der Waals surface area contributed by atoms with Crippen LogP contribution in [0.5, 0.6) is 0 Å². The van der Waals surface area contributed by atoms with Crippen LogP contribution in [0.1, 0.15) is 6.42 Å². The molecule has 0 saturated carbocycles. The molecule has 0 fully saturated rings. The summed E-state index contributed by atoms with van der Waals surface area (Å²) in [5.41, 5.74) is 8.85. The van der Waals surface area contributed by atoms with Crippen molar-refractivity contribution in [3.05, 3.63) is 59.6 Å². The van der Waals surface area contributed by atoms with E-state index in [2.05, 4.69) is 21.4 Å². The topological polar surface area (TPSA) is 92.3 Å². The first-order valence-corrected chi connectivity index (χ1v) is 8.03. The summed E-state index contributed by atoms with van der Waals surface area (Å²) in [4.78, 5) is 0. The lowest BCUT2D eigenvalue weighted by atomic mass is 10.1. The fourth-order valence-electron chi connectivity index (χ4n) is 2.30. The largest absolute Gasteiger partial charge is 0.382 e. The van der Waals surface area contributed by atoms with Crippen molar-refractivity contribution < 1.29 is 0 Å². The van der Waals surface area contributed by atoms with Crippen LogP contribution in [0, 0.1) is 11.3 Å². The first kappa shape index (κ1) is 16.7. The molecule has 0 aliphatic carbocycles. The first-order chi connectivity index (χ1) is 12.2. The molecule has 0 unspecified atom stereocenters. The maximum absolute atomic E-state index is 8.80. The number of nitriles is 1. The van der Waals surface area contributed by atoms with Gasteiger partial charge in [-0.25, -0.2) is 4.68 Å². The van der Waals surface area contributed by atoms with Gasteiger partial charge in [0.2, 0.25) is 0 Å². The highest BCUT2D eigenvalue weighted by molar-refractivity contribution is 6.30. The molecule has 1 heterocycles. The van der Waals surface area contributed by atoms with E-state index in [1.807, 2.05) is 30.3 Å². The summed E-state index contributed by atoms with van der Waals surface area (Å²) in [6, 6.07) is 18.7. The molecule has 0 saturated heterocycles. The fourth-order valence-corrected chi connectivity index (χ4v) is 2.42. The number of nitrogen functional groups attached to an aromatic ring is 1. The normalized spacial score (nSPS) is 10.9. The predicted octanol–water partition coefficient (Wildman–Crippen LogP) is 5.11. The van der Waals surface area contributed by atoms with Crippen molar-refractivity contribution in [3.8, 4) is 17.3 Å².